The summed E-state index contributed by atoms with van der Waals surface area (Å²) < 4.78 is 16.3. The highest BCUT2D eigenvalue weighted by Crippen LogP contribution is 2.38. The van der Waals surface area contributed by atoms with E-state index in [1.165, 1.54) is 0 Å². The van der Waals surface area contributed by atoms with Crippen molar-refractivity contribution in [2.45, 2.75) is 12.7 Å². The Morgan fingerprint density at radius 3 is 2.67 bits per heavy atom. The van der Waals surface area contributed by atoms with E-state index in [1.807, 2.05) is 54.6 Å². The number of rotatable bonds is 5. The Morgan fingerprint density at radius 1 is 1.07 bits per heavy atom. The summed E-state index contributed by atoms with van der Waals surface area (Å²) in [5.41, 5.74) is 2.27. The second-order valence-electron chi connectivity index (χ2n) is 6.21. The molecule has 138 valence electrons. The van der Waals surface area contributed by atoms with Crippen LogP contribution in [0.3, 0.4) is 0 Å². The van der Waals surface area contributed by atoms with E-state index < -0.39 is 6.17 Å². The molecule has 1 aliphatic rings. The molecule has 0 bridgehead atoms. The Morgan fingerprint density at radius 2 is 1.93 bits per heavy atom. The van der Waals surface area contributed by atoms with Crippen LogP contribution in [-0.4, -0.2) is 25.0 Å². The summed E-state index contributed by atoms with van der Waals surface area (Å²) >= 11 is 0. The van der Waals surface area contributed by atoms with Gasteiger partial charge in [0.05, 0.1) is 32.6 Å². The first-order chi connectivity index (χ1) is 13.2. The van der Waals surface area contributed by atoms with Crippen molar-refractivity contribution in [2.75, 3.05) is 19.5 Å². The van der Waals surface area contributed by atoms with Gasteiger partial charge in [0.2, 0.25) is 0 Å². The van der Waals surface area contributed by atoms with Crippen molar-refractivity contribution in [3.8, 4) is 11.5 Å². The number of fused-ring (bicyclic) bond motifs is 1. The van der Waals surface area contributed by atoms with Gasteiger partial charge < -0.3 is 24.1 Å². The Balaban J connectivity index is 1.80. The lowest BCUT2D eigenvalue weighted by Crippen LogP contribution is -2.42. The number of nitrogens with one attached hydrogen (secondary N) is 1. The lowest BCUT2D eigenvalue weighted by molar-refractivity contribution is 0.0649. The summed E-state index contributed by atoms with van der Waals surface area (Å²) in [7, 11) is 3.21. The quantitative estimate of drug-likeness (QED) is 0.740. The molecule has 0 saturated heterocycles. The fourth-order valence-electron chi connectivity index (χ4n) is 3.32. The number of furan rings is 1. The molecule has 0 unspecified atom stereocenters. The zero-order valence-electron chi connectivity index (χ0n) is 15.1. The minimum absolute atomic E-state index is 0.0661. The molecule has 6 nitrogen and oxygen atoms in total. The Kier molecular flexibility index (Phi) is 4.46. The molecule has 0 saturated carbocycles. The van der Waals surface area contributed by atoms with Gasteiger partial charge in [-0.25, -0.2) is 0 Å². The van der Waals surface area contributed by atoms with E-state index >= 15 is 0 Å². The molecule has 1 aliphatic heterocycles. The van der Waals surface area contributed by atoms with Crippen LogP contribution in [0.1, 0.15) is 27.8 Å². The maximum atomic E-state index is 13.2. The molecular weight excluding hydrogens is 344 g/mol. The highest BCUT2D eigenvalue weighted by molar-refractivity contribution is 6.01. The maximum absolute atomic E-state index is 13.2. The van der Waals surface area contributed by atoms with Crippen molar-refractivity contribution in [1.29, 1.82) is 0 Å². The molecule has 4 rings (SSSR count). The minimum atomic E-state index is -0.404. The Hall–Kier alpha value is -3.41. The van der Waals surface area contributed by atoms with Crippen LogP contribution in [0.5, 0.6) is 11.5 Å². The van der Waals surface area contributed by atoms with E-state index in [0.29, 0.717) is 29.4 Å². The maximum Gasteiger partial charge on any atom is 0.258 e. The van der Waals surface area contributed by atoms with Gasteiger partial charge in [-0.05, 0) is 36.4 Å². The summed E-state index contributed by atoms with van der Waals surface area (Å²) in [6.07, 6.45) is 1.20. The number of anilines is 1. The first kappa shape index (κ1) is 17.0. The third-order valence-electron chi connectivity index (χ3n) is 4.66. The van der Waals surface area contributed by atoms with Crippen LogP contribution in [0.15, 0.2) is 65.3 Å². The van der Waals surface area contributed by atoms with Gasteiger partial charge in [-0.15, -0.1) is 0 Å². The summed E-state index contributed by atoms with van der Waals surface area (Å²) in [5, 5.41) is 3.46. The number of methoxy groups -OCH3 is 2. The third kappa shape index (κ3) is 3.10. The van der Waals surface area contributed by atoms with Crippen molar-refractivity contribution < 1.29 is 18.7 Å². The number of carbonyl (C=O) groups is 1. The molecule has 1 amide bonds. The molecule has 1 N–H and O–H groups in total. The fourth-order valence-corrected chi connectivity index (χ4v) is 3.32. The first-order valence-electron chi connectivity index (χ1n) is 8.62. The first-order valence-corrected chi connectivity index (χ1v) is 8.62. The molecule has 0 fully saturated rings. The van der Waals surface area contributed by atoms with Crippen LogP contribution in [0.2, 0.25) is 0 Å². The zero-order chi connectivity index (χ0) is 18.8. The van der Waals surface area contributed by atoms with Gasteiger partial charge in [-0.3, -0.25) is 4.79 Å². The monoisotopic (exact) mass is 364 g/mol. The number of hydrogen-bond acceptors (Lipinski definition) is 5. The van der Waals surface area contributed by atoms with E-state index in [-0.39, 0.29) is 5.91 Å². The van der Waals surface area contributed by atoms with E-state index in [9.17, 15) is 4.79 Å². The molecule has 3 aromatic rings. The van der Waals surface area contributed by atoms with Crippen molar-refractivity contribution >= 4 is 11.6 Å². The fraction of sp³-hybridized carbons (Fsp3) is 0.190. The number of carbonyl (C=O) groups excluding carboxylic acids is 1. The van der Waals surface area contributed by atoms with E-state index in [1.54, 1.807) is 25.4 Å². The lowest BCUT2D eigenvalue weighted by atomic mass is 10.0. The van der Waals surface area contributed by atoms with Crippen LogP contribution in [0.25, 0.3) is 0 Å². The predicted molar refractivity (Wildman–Crippen MR) is 101 cm³/mol. The van der Waals surface area contributed by atoms with Crippen LogP contribution >= 0.6 is 0 Å². The van der Waals surface area contributed by atoms with Crippen LogP contribution < -0.4 is 14.8 Å². The smallest absolute Gasteiger partial charge is 0.258 e. The van der Waals surface area contributed by atoms with E-state index in [2.05, 4.69) is 5.32 Å². The highest BCUT2D eigenvalue weighted by atomic mass is 16.5. The standard InChI is InChI=1S/C21H20N2O4/c1-25-14-9-10-17(19(12-14)26-2)20-22-18-8-4-3-7-16(18)21(24)23(20)13-15-6-5-11-27-15/h3-12,20,22H,13H2,1-2H3/t20-/m0/s1. The van der Waals surface area contributed by atoms with Gasteiger partial charge in [-0.2, -0.15) is 0 Å². The van der Waals surface area contributed by atoms with Crippen molar-refractivity contribution in [2.24, 2.45) is 0 Å². The molecule has 0 aliphatic carbocycles. The van der Waals surface area contributed by atoms with Crippen LogP contribution in [0, 0.1) is 0 Å². The highest BCUT2D eigenvalue weighted by Gasteiger charge is 2.34. The minimum Gasteiger partial charge on any atom is -0.497 e. The molecule has 0 radical (unpaired) electrons. The number of hydrogen-bond donors (Lipinski definition) is 1. The number of amides is 1. The number of para-hydroxylation sites is 1. The van der Waals surface area contributed by atoms with Gasteiger partial charge in [0.25, 0.3) is 5.91 Å². The van der Waals surface area contributed by atoms with E-state index in [4.69, 9.17) is 13.9 Å². The van der Waals surface area contributed by atoms with Gasteiger partial charge in [-0.1, -0.05) is 12.1 Å². The predicted octanol–water partition coefficient (Wildman–Crippen LogP) is 4.06. The molecule has 27 heavy (non-hydrogen) atoms. The molecule has 1 aromatic heterocycles. The molecular formula is C21H20N2O4. The van der Waals surface area contributed by atoms with Gasteiger partial charge in [0, 0.05) is 17.3 Å². The number of benzene rings is 2. The van der Waals surface area contributed by atoms with E-state index in [0.717, 1.165) is 11.3 Å². The number of nitrogens with zero attached hydrogens (tertiary/aromatic N) is 1. The second-order valence-corrected chi connectivity index (χ2v) is 6.21. The molecule has 6 heteroatoms. The normalized spacial score (nSPS) is 15.9. The van der Waals surface area contributed by atoms with Gasteiger partial charge >= 0.3 is 0 Å². The zero-order valence-corrected chi connectivity index (χ0v) is 15.1. The summed E-state index contributed by atoms with van der Waals surface area (Å²) in [5.74, 6) is 1.98. The largest absolute Gasteiger partial charge is 0.497 e. The molecule has 2 aromatic carbocycles. The molecule has 2 heterocycles. The average Bonchev–Trinajstić information content (AvgIpc) is 3.23. The lowest BCUT2D eigenvalue weighted by Gasteiger charge is -2.38. The molecule has 1 atom stereocenters. The Labute approximate surface area is 157 Å². The van der Waals surface area contributed by atoms with Crippen LogP contribution in [-0.2, 0) is 6.54 Å². The topological polar surface area (TPSA) is 63.9 Å². The van der Waals surface area contributed by atoms with Crippen molar-refractivity contribution in [1.82, 2.24) is 4.90 Å². The van der Waals surface area contributed by atoms with Crippen molar-refractivity contribution in [3.05, 3.63) is 77.7 Å². The average molecular weight is 364 g/mol. The second kappa shape index (κ2) is 7.07. The van der Waals surface area contributed by atoms with Crippen molar-refractivity contribution in [3.63, 3.8) is 0 Å². The van der Waals surface area contributed by atoms with Gasteiger partial charge in [0.15, 0.2) is 0 Å². The summed E-state index contributed by atoms with van der Waals surface area (Å²) in [6.45, 7) is 0.340. The SMILES string of the molecule is COc1ccc([C@H]2Nc3ccccc3C(=O)N2Cc2ccco2)c(OC)c1. The van der Waals surface area contributed by atoms with Crippen LogP contribution in [0.4, 0.5) is 5.69 Å². The summed E-state index contributed by atoms with van der Waals surface area (Å²) in [6, 6.07) is 16.7. The summed E-state index contributed by atoms with van der Waals surface area (Å²) in [4.78, 5) is 15.0. The third-order valence-corrected chi connectivity index (χ3v) is 4.66. The number of ether oxygens (including phenoxy) is 2. The molecule has 0 spiro atoms. The Bertz CT molecular complexity index is 953. The van der Waals surface area contributed by atoms with Gasteiger partial charge in [0.1, 0.15) is 23.4 Å².